The van der Waals surface area contributed by atoms with Crippen LogP contribution in [0.5, 0.6) is 11.5 Å². The highest BCUT2D eigenvalue weighted by molar-refractivity contribution is 6.19. The molecule has 3 aliphatic carbocycles. The fraction of sp³-hybridized carbons (Fsp3) is 0.500. The molecule has 30 heavy (non-hydrogen) atoms. The van der Waals surface area contributed by atoms with Gasteiger partial charge in [0.2, 0.25) is 5.78 Å². The Morgan fingerprint density at radius 1 is 1.30 bits per heavy atom. The number of aromatic hydroxyl groups is 1. The molecular weight excluding hydrogens is 384 g/mol. The van der Waals surface area contributed by atoms with E-state index < -0.39 is 22.4 Å². The second kappa shape index (κ2) is 5.62. The minimum atomic E-state index is -1.39. The summed E-state index contributed by atoms with van der Waals surface area (Å²) < 4.78 is 19.0. The Hall–Kier alpha value is -2.44. The number of benzene rings is 1. The molecule has 0 aromatic heterocycles. The highest BCUT2D eigenvalue weighted by atomic mass is 16.6. The van der Waals surface area contributed by atoms with E-state index in [1.54, 1.807) is 18.2 Å². The molecule has 1 saturated carbocycles. The van der Waals surface area contributed by atoms with Crippen LogP contribution < -0.4 is 4.74 Å². The molecule has 1 N–H and O–H groups in total. The van der Waals surface area contributed by atoms with Gasteiger partial charge < -0.3 is 19.3 Å². The first-order chi connectivity index (χ1) is 14.0. The van der Waals surface area contributed by atoms with Crippen LogP contribution in [0.25, 0.3) is 0 Å². The number of carbonyl (C=O) groups is 2. The van der Waals surface area contributed by atoms with Crippen LogP contribution in [-0.4, -0.2) is 46.2 Å². The zero-order valence-electron chi connectivity index (χ0n) is 17.9. The number of phenolic OH excluding ortho intramolecular Hbond substituents is 1. The summed E-state index contributed by atoms with van der Waals surface area (Å²) in [7, 11) is 1.49. The molecular formula is C24H26O6. The number of phenols is 1. The first-order valence-electron chi connectivity index (χ1n) is 10.3. The third-order valence-corrected chi connectivity index (χ3v) is 7.31. The zero-order valence-corrected chi connectivity index (χ0v) is 17.9. The second-order valence-electron chi connectivity index (χ2n) is 9.57. The van der Waals surface area contributed by atoms with Gasteiger partial charge in [0.25, 0.3) is 0 Å². The summed E-state index contributed by atoms with van der Waals surface area (Å²) in [5.74, 6) is -0.691. The van der Waals surface area contributed by atoms with Crippen molar-refractivity contribution in [2.75, 3.05) is 7.11 Å². The standard InChI is InChI=1S/C24H26O6/c1-13(2)9-10-23-20(27)22(28-5)11-14-19(26)18-15(25)7-6-8-16(18)29-24(14,23)17(12-22)21(3,4)30-23/h6-9,11,17,25H,10,12H2,1-5H3. The Morgan fingerprint density at radius 2 is 2.03 bits per heavy atom. The van der Waals surface area contributed by atoms with Crippen molar-refractivity contribution in [1.82, 2.24) is 0 Å². The van der Waals surface area contributed by atoms with Gasteiger partial charge in [0.05, 0.1) is 5.60 Å². The first-order valence-corrected chi connectivity index (χ1v) is 10.3. The quantitative estimate of drug-likeness (QED) is 0.768. The summed E-state index contributed by atoms with van der Waals surface area (Å²) in [5.41, 5.74) is -3.13. The Kier molecular flexibility index (Phi) is 3.66. The molecule has 1 saturated heterocycles. The molecule has 2 aliphatic heterocycles. The lowest BCUT2D eigenvalue weighted by Gasteiger charge is -2.59. The molecule has 158 valence electrons. The van der Waals surface area contributed by atoms with Crippen molar-refractivity contribution in [2.45, 2.75) is 62.9 Å². The largest absolute Gasteiger partial charge is 0.507 e. The Morgan fingerprint density at radius 3 is 2.70 bits per heavy atom. The average molecular weight is 410 g/mol. The van der Waals surface area contributed by atoms with E-state index in [-0.39, 0.29) is 41.0 Å². The fourth-order valence-electron chi connectivity index (χ4n) is 6.03. The maximum atomic E-state index is 14.0. The SMILES string of the molecule is COC12C=C3C(=O)c4c(O)cccc4OC34C(C1)C(C)(C)OC4(CC=C(C)C)C2=O. The predicted molar refractivity (Wildman–Crippen MR) is 109 cm³/mol. The lowest BCUT2D eigenvalue weighted by atomic mass is 9.49. The van der Waals surface area contributed by atoms with Gasteiger partial charge in [-0.05, 0) is 52.3 Å². The van der Waals surface area contributed by atoms with E-state index in [0.29, 0.717) is 12.0 Å². The third-order valence-electron chi connectivity index (χ3n) is 7.31. The van der Waals surface area contributed by atoms with Crippen LogP contribution in [0.3, 0.4) is 0 Å². The summed E-state index contributed by atoms with van der Waals surface area (Å²) in [5, 5.41) is 10.4. The summed E-state index contributed by atoms with van der Waals surface area (Å²) in [6.45, 7) is 7.80. The van der Waals surface area contributed by atoms with E-state index in [4.69, 9.17) is 14.2 Å². The normalized spacial score (nSPS) is 37.2. The van der Waals surface area contributed by atoms with E-state index in [1.807, 2.05) is 33.8 Å². The molecule has 0 amide bonds. The minimum absolute atomic E-state index is 0.121. The number of allylic oxidation sites excluding steroid dienone is 1. The lowest BCUT2D eigenvalue weighted by molar-refractivity contribution is -0.189. The summed E-state index contributed by atoms with van der Waals surface area (Å²) >= 11 is 0. The molecule has 4 bridgehead atoms. The number of Topliss-reactive ketones (excluding diaryl/α,β-unsaturated/α-hetero) is 2. The van der Waals surface area contributed by atoms with Crippen LogP contribution in [0.2, 0.25) is 0 Å². The number of rotatable bonds is 3. The summed E-state index contributed by atoms with van der Waals surface area (Å²) in [4.78, 5) is 27.7. The third kappa shape index (κ3) is 1.97. The maximum Gasteiger partial charge on any atom is 0.205 e. The van der Waals surface area contributed by atoms with E-state index in [2.05, 4.69) is 0 Å². The van der Waals surface area contributed by atoms with Gasteiger partial charge in [0, 0.05) is 25.0 Å². The minimum Gasteiger partial charge on any atom is -0.507 e. The number of hydrogen-bond acceptors (Lipinski definition) is 6. The van der Waals surface area contributed by atoms with Gasteiger partial charge >= 0.3 is 0 Å². The molecule has 1 spiro atoms. The van der Waals surface area contributed by atoms with Gasteiger partial charge in [0.1, 0.15) is 22.7 Å². The van der Waals surface area contributed by atoms with Crippen molar-refractivity contribution in [3.63, 3.8) is 0 Å². The van der Waals surface area contributed by atoms with Crippen LogP contribution in [0.1, 0.15) is 50.9 Å². The Bertz CT molecular complexity index is 1060. The van der Waals surface area contributed by atoms with Crippen LogP contribution >= 0.6 is 0 Å². The second-order valence-corrected chi connectivity index (χ2v) is 9.57. The summed E-state index contributed by atoms with van der Waals surface area (Å²) in [6, 6.07) is 4.76. The van der Waals surface area contributed by atoms with E-state index in [9.17, 15) is 14.7 Å². The molecule has 4 unspecified atom stereocenters. The van der Waals surface area contributed by atoms with E-state index >= 15 is 0 Å². The first kappa shape index (κ1) is 19.5. The highest BCUT2D eigenvalue weighted by Gasteiger charge is 2.84. The van der Waals surface area contributed by atoms with Crippen molar-refractivity contribution < 1.29 is 28.9 Å². The van der Waals surface area contributed by atoms with Crippen molar-refractivity contribution in [2.24, 2.45) is 5.92 Å². The zero-order chi connectivity index (χ0) is 21.7. The number of ether oxygens (including phenoxy) is 3. The van der Waals surface area contributed by atoms with Crippen molar-refractivity contribution in [1.29, 1.82) is 0 Å². The fourth-order valence-corrected chi connectivity index (χ4v) is 6.03. The van der Waals surface area contributed by atoms with Crippen molar-refractivity contribution in [3.05, 3.63) is 47.1 Å². The van der Waals surface area contributed by atoms with Gasteiger partial charge in [-0.1, -0.05) is 17.7 Å². The molecule has 5 aliphatic rings. The monoisotopic (exact) mass is 410 g/mol. The smallest absolute Gasteiger partial charge is 0.205 e. The number of methoxy groups -OCH3 is 1. The van der Waals surface area contributed by atoms with E-state index in [0.717, 1.165) is 5.57 Å². The number of carbonyl (C=O) groups excluding carboxylic acids is 2. The van der Waals surface area contributed by atoms with Gasteiger partial charge in [-0.15, -0.1) is 0 Å². The molecule has 4 atom stereocenters. The molecule has 6 rings (SSSR count). The van der Waals surface area contributed by atoms with Crippen molar-refractivity contribution >= 4 is 11.6 Å². The Labute approximate surface area is 175 Å². The Balaban J connectivity index is 1.87. The number of ketones is 2. The molecule has 1 aromatic carbocycles. The van der Waals surface area contributed by atoms with Crippen LogP contribution in [0, 0.1) is 5.92 Å². The molecule has 6 heteroatoms. The molecule has 6 nitrogen and oxygen atoms in total. The van der Waals surface area contributed by atoms with Crippen molar-refractivity contribution in [3.8, 4) is 11.5 Å². The maximum absolute atomic E-state index is 14.0. The van der Waals surface area contributed by atoms with Gasteiger partial charge in [0.15, 0.2) is 17.0 Å². The molecule has 2 heterocycles. The van der Waals surface area contributed by atoms with Crippen LogP contribution in [0.15, 0.2) is 41.5 Å². The topological polar surface area (TPSA) is 82.1 Å². The van der Waals surface area contributed by atoms with Gasteiger partial charge in [-0.2, -0.15) is 0 Å². The average Bonchev–Trinajstić information content (AvgIpc) is 2.84. The molecule has 1 aromatic rings. The van der Waals surface area contributed by atoms with Crippen LogP contribution in [-0.2, 0) is 14.3 Å². The number of fused-ring (bicyclic) bond motifs is 1. The molecule has 2 fully saturated rings. The number of hydrogen-bond donors (Lipinski definition) is 1. The van der Waals surface area contributed by atoms with Gasteiger partial charge in [-0.3, -0.25) is 9.59 Å². The summed E-state index contributed by atoms with van der Waals surface area (Å²) in [6.07, 6.45) is 4.22. The van der Waals surface area contributed by atoms with Gasteiger partial charge in [-0.25, -0.2) is 0 Å². The van der Waals surface area contributed by atoms with Crippen LogP contribution in [0.4, 0.5) is 0 Å². The predicted octanol–water partition coefficient (Wildman–Crippen LogP) is 3.52. The lowest BCUT2D eigenvalue weighted by Crippen LogP contribution is -2.77. The molecule has 0 radical (unpaired) electrons. The highest BCUT2D eigenvalue weighted by Crippen LogP contribution is 2.68. The van der Waals surface area contributed by atoms with E-state index in [1.165, 1.54) is 13.2 Å².